The monoisotopic (exact) mass is 185 g/mol. The number of unbranched alkanes of at least 4 members (excludes halogenated alkanes) is 1. The Hall–Kier alpha value is -0.0800. The van der Waals surface area contributed by atoms with Gasteiger partial charge in [-0.1, -0.05) is 13.3 Å². The Morgan fingerprint density at radius 2 is 2.31 bits per heavy atom. The standard InChI is InChI=1S/C11H23NO/c1-2-3-7-12-8-4-5-11(10-12)6-9-13/h11,13H,2-10H2,1H3. The van der Waals surface area contributed by atoms with Gasteiger partial charge in [-0.15, -0.1) is 0 Å². The van der Waals surface area contributed by atoms with Crippen molar-refractivity contribution in [2.24, 2.45) is 5.92 Å². The second-order valence-corrected chi connectivity index (χ2v) is 4.17. The number of hydrogen-bond acceptors (Lipinski definition) is 2. The number of nitrogens with zero attached hydrogens (tertiary/aromatic N) is 1. The maximum absolute atomic E-state index is 8.86. The summed E-state index contributed by atoms with van der Waals surface area (Å²) in [7, 11) is 0. The van der Waals surface area contributed by atoms with Crippen molar-refractivity contribution in [1.82, 2.24) is 4.90 Å². The predicted molar refractivity (Wildman–Crippen MR) is 55.8 cm³/mol. The summed E-state index contributed by atoms with van der Waals surface area (Å²) in [5, 5.41) is 8.86. The lowest BCUT2D eigenvalue weighted by atomic mass is 9.95. The molecule has 1 aliphatic heterocycles. The minimum absolute atomic E-state index is 0.367. The zero-order chi connectivity index (χ0) is 9.52. The highest BCUT2D eigenvalue weighted by Crippen LogP contribution is 2.19. The van der Waals surface area contributed by atoms with Gasteiger partial charge in [0.1, 0.15) is 0 Å². The maximum Gasteiger partial charge on any atom is 0.0434 e. The molecule has 0 aromatic rings. The molecule has 78 valence electrons. The fraction of sp³-hybridized carbons (Fsp3) is 1.00. The number of aliphatic hydroxyl groups is 1. The van der Waals surface area contributed by atoms with Gasteiger partial charge in [-0.05, 0) is 44.7 Å². The summed E-state index contributed by atoms with van der Waals surface area (Å²) in [5.74, 6) is 0.760. The Balaban J connectivity index is 2.16. The topological polar surface area (TPSA) is 23.5 Å². The van der Waals surface area contributed by atoms with E-state index >= 15 is 0 Å². The molecular weight excluding hydrogens is 162 g/mol. The van der Waals surface area contributed by atoms with Crippen molar-refractivity contribution in [3.05, 3.63) is 0 Å². The molecular formula is C11H23NO. The first-order chi connectivity index (χ1) is 6.36. The first kappa shape index (κ1) is 11.0. The van der Waals surface area contributed by atoms with Gasteiger partial charge in [0.2, 0.25) is 0 Å². The van der Waals surface area contributed by atoms with Crippen molar-refractivity contribution >= 4 is 0 Å². The highest BCUT2D eigenvalue weighted by molar-refractivity contribution is 4.72. The van der Waals surface area contributed by atoms with E-state index in [0.717, 1.165) is 12.3 Å². The zero-order valence-electron chi connectivity index (χ0n) is 8.84. The van der Waals surface area contributed by atoms with Crippen molar-refractivity contribution in [2.45, 2.75) is 39.0 Å². The van der Waals surface area contributed by atoms with Gasteiger partial charge >= 0.3 is 0 Å². The number of rotatable bonds is 5. The smallest absolute Gasteiger partial charge is 0.0434 e. The molecule has 1 unspecified atom stereocenters. The predicted octanol–water partition coefficient (Wildman–Crippen LogP) is 1.88. The maximum atomic E-state index is 8.86. The highest BCUT2D eigenvalue weighted by atomic mass is 16.3. The average Bonchev–Trinajstić information content (AvgIpc) is 2.16. The molecule has 0 aliphatic carbocycles. The van der Waals surface area contributed by atoms with Gasteiger partial charge in [0.05, 0.1) is 0 Å². The van der Waals surface area contributed by atoms with Crippen molar-refractivity contribution in [1.29, 1.82) is 0 Å². The SMILES string of the molecule is CCCCN1CCCC(CCO)C1. The van der Waals surface area contributed by atoms with E-state index in [1.54, 1.807) is 0 Å². The van der Waals surface area contributed by atoms with Gasteiger partial charge in [0, 0.05) is 13.2 Å². The quantitative estimate of drug-likeness (QED) is 0.707. The fourth-order valence-corrected chi connectivity index (χ4v) is 2.15. The van der Waals surface area contributed by atoms with Crippen molar-refractivity contribution in [3.8, 4) is 0 Å². The van der Waals surface area contributed by atoms with E-state index in [2.05, 4.69) is 11.8 Å². The molecule has 1 saturated heterocycles. The highest BCUT2D eigenvalue weighted by Gasteiger charge is 2.18. The third-order valence-corrected chi connectivity index (χ3v) is 2.97. The molecule has 1 atom stereocenters. The van der Waals surface area contributed by atoms with Crippen LogP contribution in [0, 0.1) is 5.92 Å². The van der Waals surface area contributed by atoms with Crippen LogP contribution in [0.3, 0.4) is 0 Å². The molecule has 0 spiro atoms. The van der Waals surface area contributed by atoms with Crippen LogP contribution in [0.25, 0.3) is 0 Å². The van der Waals surface area contributed by atoms with E-state index in [0.29, 0.717) is 6.61 Å². The molecule has 2 heteroatoms. The van der Waals surface area contributed by atoms with Crippen LogP contribution in [0.5, 0.6) is 0 Å². The fourth-order valence-electron chi connectivity index (χ4n) is 2.15. The Labute approximate surface area is 81.9 Å². The molecule has 0 aromatic carbocycles. The minimum Gasteiger partial charge on any atom is -0.396 e. The van der Waals surface area contributed by atoms with Crippen molar-refractivity contribution in [3.63, 3.8) is 0 Å². The molecule has 1 fully saturated rings. The van der Waals surface area contributed by atoms with Crippen molar-refractivity contribution in [2.75, 3.05) is 26.2 Å². The lowest BCUT2D eigenvalue weighted by Crippen LogP contribution is -2.36. The van der Waals surface area contributed by atoms with Gasteiger partial charge in [-0.25, -0.2) is 0 Å². The van der Waals surface area contributed by atoms with E-state index < -0.39 is 0 Å². The first-order valence-corrected chi connectivity index (χ1v) is 5.70. The normalized spacial score (nSPS) is 24.9. The summed E-state index contributed by atoms with van der Waals surface area (Å²) < 4.78 is 0. The number of aliphatic hydroxyl groups excluding tert-OH is 1. The van der Waals surface area contributed by atoms with E-state index in [1.165, 1.54) is 45.3 Å². The molecule has 0 bridgehead atoms. The van der Waals surface area contributed by atoms with Crippen LogP contribution in [0.4, 0.5) is 0 Å². The number of hydrogen-bond donors (Lipinski definition) is 1. The molecule has 1 aliphatic rings. The Morgan fingerprint density at radius 3 is 3.00 bits per heavy atom. The first-order valence-electron chi connectivity index (χ1n) is 5.70. The number of piperidine rings is 1. The van der Waals surface area contributed by atoms with Crippen molar-refractivity contribution < 1.29 is 5.11 Å². The molecule has 1 rings (SSSR count). The third kappa shape index (κ3) is 4.10. The molecule has 0 saturated carbocycles. The van der Waals surface area contributed by atoms with Gasteiger partial charge in [-0.3, -0.25) is 0 Å². The van der Waals surface area contributed by atoms with Crippen LogP contribution in [-0.4, -0.2) is 36.2 Å². The largest absolute Gasteiger partial charge is 0.396 e. The van der Waals surface area contributed by atoms with Crippen LogP contribution in [0.1, 0.15) is 39.0 Å². The van der Waals surface area contributed by atoms with E-state index in [-0.39, 0.29) is 0 Å². The summed E-state index contributed by atoms with van der Waals surface area (Å²) in [6.45, 7) is 6.38. The molecule has 2 nitrogen and oxygen atoms in total. The molecule has 1 heterocycles. The van der Waals surface area contributed by atoms with Crippen LogP contribution >= 0.6 is 0 Å². The molecule has 1 N–H and O–H groups in total. The van der Waals surface area contributed by atoms with Crippen LogP contribution in [-0.2, 0) is 0 Å². The molecule has 13 heavy (non-hydrogen) atoms. The molecule has 0 aromatic heterocycles. The Bertz CT molecular complexity index is 125. The van der Waals surface area contributed by atoms with Crippen LogP contribution < -0.4 is 0 Å². The lowest BCUT2D eigenvalue weighted by molar-refractivity contribution is 0.146. The minimum atomic E-state index is 0.367. The zero-order valence-corrected chi connectivity index (χ0v) is 8.84. The summed E-state index contributed by atoms with van der Waals surface area (Å²) in [6, 6.07) is 0. The second-order valence-electron chi connectivity index (χ2n) is 4.17. The summed E-state index contributed by atoms with van der Waals surface area (Å²) in [5.41, 5.74) is 0. The summed E-state index contributed by atoms with van der Waals surface area (Å²) in [4.78, 5) is 2.56. The lowest BCUT2D eigenvalue weighted by Gasteiger charge is -2.32. The number of likely N-dealkylation sites (tertiary alicyclic amines) is 1. The van der Waals surface area contributed by atoms with Crippen LogP contribution in [0.2, 0.25) is 0 Å². The van der Waals surface area contributed by atoms with Gasteiger partial charge in [0.15, 0.2) is 0 Å². The molecule has 0 amide bonds. The van der Waals surface area contributed by atoms with E-state index in [9.17, 15) is 0 Å². The average molecular weight is 185 g/mol. The van der Waals surface area contributed by atoms with E-state index in [4.69, 9.17) is 5.11 Å². The van der Waals surface area contributed by atoms with Crippen LogP contribution in [0.15, 0.2) is 0 Å². The Kier molecular flexibility index (Phi) is 5.40. The third-order valence-electron chi connectivity index (χ3n) is 2.97. The van der Waals surface area contributed by atoms with Gasteiger partial charge in [-0.2, -0.15) is 0 Å². The van der Waals surface area contributed by atoms with E-state index in [1.807, 2.05) is 0 Å². The Morgan fingerprint density at radius 1 is 1.46 bits per heavy atom. The second kappa shape index (κ2) is 6.39. The molecule has 0 radical (unpaired) electrons. The van der Waals surface area contributed by atoms with Gasteiger partial charge in [0.25, 0.3) is 0 Å². The summed E-state index contributed by atoms with van der Waals surface area (Å²) >= 11 is 0. The summed E-state index contributed by atoms with van der Waals surface area (Å²) in [6.07, 6.45) is 6.27. The van der Waals surface area contributed by atoms with Gasteiger partial charge < -0.3 is 10.0 Å².